The normalized spacial score (nSPS) is 14.8. The second-order valence-electron chi connectivity index (χ2n) is 9.43. The summed E-state index contributed by atoms with van der Waals surface area (Å²) in [5.41, 5.74) is 3.57. The van der Waals surface area contributed by atoms with Gasteiger partial charge in [0.1, 0.15) is 5.82 Å². The fourth-order valence-electron chi connectivity index (χ4n) is 4.44. The zero-order valence-corrected chi connectivity index (χ0v) is 20.6. The van der Waals surface area contributed by atoms with E-state index in [1.165, 1.54) is 0 Å². The lowest BCUT2D eigenvalue weighted by atomic mass is 10.0. The van der Waals surface area contributed by atoms with E-state index in [1.807, 2.05) is 57.4 Å². The molecule has 0 atom stereocenters. The second-order valence-corrected chi connectivity index (χ2v) is 9.43. The maximum absolute atomic E-state index is 13.3. The van der Waals surface area contributed by atoms with Gasteiger partial charge in [-0.2, -0.15) is 9.77 Å². The van der Waals surface area contributed by atoms with Gasteiger partial charge in [0.2, 0.25) is 0 Å². The number of fused-ring (bicyclic) bond motifs is 1. The predicted octanol–water partition coefficient (Wildman–Crippen LogP) is 1.73. The van der Waals surface area contributed by atoms with E-state index in [0.29, 0.717) is 41.8 Å². The van der Waals surface area contributed by atoms with Crippen LogP contribution in [0.2, 0.25) is 0 Å². The molecule has 0 radical (unpaired) electrons. The van der Waals surface area contributed by atoms with Crippen LogP contribution in [-0.4, -0.2) is 80.7 Å². The fraction of sp³-hybridized carbons (Fsp3) is 0.458. The van der Waals surface area contributed by atoms with Crippen LogP contribution in [0.3, 0.4) is 0 Å². The van der Waals surface area contributed by atoms with Crippen LogP contribution in [0.4, 0.5) is 0 Å². The number of benzene rings is 1. The molecule has 184 valence electrons. The standard InChI is InChI=1S/C24H31N9O2/c1-30(2)15-20-27-21(29-28-20)18-7-5-17(6-8-18)19-13-25-22-23(26-19)32(24(34)33(22)31(3)4)14-16-9-11-35-12-10-16/h5-8,13,16H,9-12,14-15H2,1-4H3,(H,27,28,29). The van der Waals surface area contributed by atoms with E-state index in [9.17, 15) is 4.79 Å². The lowest BCUT2D eigenvalue weighted by Crippen LogP contribution is -2.38. The van der Waals surface area contributed by atoms with Crippen molar-refractivity contribution < 1.29 is 4.74 Å². The van der Waals surface area contributed by atoms with Gasteiger partial charge in [-0.25, -0.2) is 19.7 Å². The molecule has 0 amide bonds. The van der Waals surface area contributed by atoms with Gasteiger partial charge in [-0.3, -0.25) is 9.67 Å². The Morgan fingerprint density at radius 1 is 1.03 bits per heavy atom. The van der Waals surface area contributed by atoms with E-state index in [-0.39, 0.29) is 5.69 Å². The molecule has 4 aromatic rings. The van der Waals surface area contributed by atoms with Crippen molar-refractivity contribution in [1.82, 2.24) is 39.3 Å². The van der Waals surface area contributed by atoms with Gasteiger partial charge in [-0.15, -0.1) is 0 Å². The molecule has 1 saturated heterocycles. The van der Waals surface area contributed by atoms with E-state index in [1.54, 1.807) is 20.4 Å². The van der Waals surface area contributed by atoms with Crippen LogP contribution >= 0.6 is 0 Å². The Hall–Kier alpha value is -3.57. The molecule has 1 N–H and O–H groups in total. The van der Waals surface area contributed by atoms with Crippen molar-refractivity contribution in [3.05, 3.63) is 46.8 Å². The van der Waals surface area contributed by atoms with Gasteiger partial charge in [0, 0.05) is 45.0 Å². The van der Waals surface area contributed by atoms with Crippen LogP contribution < -0.4 is 10.7 Å². The highest BCUT2D eigenvalue weighted by molar-refractivity contribution is 5.73. The SMILES string of the molecule is CN(C)Cc1nc(-c2ccc(-c3cnc4c(n3)n(CC3CCOCC3)c(=O)n4N(C)C)cc2)n[nH]1. The Kier molecular flexibility index (Phi) is 6.35. The number of hydrogen-bond donors (Lipinski definition) is 1. The van der Waals surface area contributed by atoms with Gasteiger partial charge in [-0.05, 0) is 32.9 Å². The number of aromatic nitrogens is 7. The summed E-state index contributed by atoms with van der Waals surface area (Å²) in [6.45, 7) is 2.77. The highest BCUT2D eigenvalue weighted by atomic mass is 16.5. The number of aromatic amines is 1. The van der Waals surface area contributed by atoms with E-state index >= 15 is 0 Å². The van der Waals surface area contributed by atoms with Gasteiger partial charge in [0.15, 0.2) is 17.1 Å². The van der Waals surface area contributed by atoms with Crippen molar-refractivity contribution in [2.75, 3.05) is 46.4 Å². The van der Waals surface area contributed by atoms with Crippen LogP contribution in [-0.2, 0) is 17.8 Å². The molecule has 11 nitrogen and oxygen atoms in total. The Bertz CT molecular complexity index is 1360. The molecule has 35 heavy (non-hydrogen) atoms. The van der Waals surface area contributed by atoms with Crippen LogP contribution in [0, 0.1) is 5.92 Å². The van der Waals surface area contributed by atoms with Crippen molar-refractivity contribution in [3.63, 3.8) is 0 Å². The smallest absolute Gasteiger partial charge is 0.350 e. The van der Waals surface area contributed by atoms with Crippen LogP contribution in [0.5, 0.6) is 0 Å². The summed E-state index contributed by atoms with van der Waals surface area (Å²) in [4.78, 5) is 29.4. The van der Waals surface area contributed by atoms with Crippen molar-refractivity contribution in [1.29, 1.82) is 0 Å². The van der Waals surface area contributed by atoms with Gasteiger partial charge in [-0.1, -0.05) is 24.3 Å². The first-order valence-electron chi connectivity index (χ1n) is 11.8. The molecule has 1 aliphatic rings. The quantitative estimate of drug-likeness (QED) is 0.429. The van der Waals surface area contributed by atoms with Crippen molar-refractivity contribution in [3.8, 4) is 22.6 Å². The monoisotopic (exact) mass is 477 g/mol. The lowest BCUT2D eigenvalue weighted by molar-refractivity contribution is 0.0612. The predicted molar refractivity (Wildman–Crippen MR) is 134 cm³/mol. The molecule has 0 aliphatic carbocycles. The number of hydrogen-bond acceptors (Lipinski definition) is 8. The summed E-state index contributed by atoms with van der Waals surface area (Å²) in [5.74, 6) is 1.85. The first-order chi connectivity index (χ1) is 16.9. The summed E-state index contributed by atoms with van der Waals surface area (Å²) >= 11 is 0. The molecule has 0 bridgehead atoms. The van der Waals surface area contributed by atoms with Crippen molar-refractivity contribution in [2.24, 2.45) is 5.92 Å². The molecule has 5 rings (SSSR count). The average molecular weight is 478 g/mol. The molecule has 11 heteroatoms. The fourth-order valence-corrected chi connectivity index (χ4v) is 4.44. The third-order valence-electron chi connectivity index (χ3n) is 6.22. The van der Waals surface area contributed by atoms with Crippen LogP contribution in [0.15, 0.2) is 35.3 Å². The number of nitrogens with zero attached hydrogens (tertiary/aromatic N) is 8. The summed E-state index contributed by atoms with van der Waals surface area (Å²) in [7, 11) is 7.65. The van der Waals surface area contributed by atoms with E-state index in [2.05, 4.69) is 20.2 Å². The maximum Gasteiger partial charge on any atom is 0.350 e. The summed E-state index contributed by atoms with van der Waals surface area (Å²) in [5, 5.41) is 9.07. The zero-order chi connectivity index (χ0) is 24.5. The zero-order valence-electron chi connectivity index (χ0n) is 20.6. The van der Waals surface area contributed by atoms with Gasteiger partial charge in [0.05, 0.1) is 18.4 Å². The minimum atomic E-state index is -0.123. The summed E-state index contributed by atoms with van der Waals surface area (Å²) in [6, 6.07) is 7.92. The number of rotatable bonds is 7. The Morgan fingerprint density at radius 3 is 2.43 bits per heavy atom. The number of imidazole rings is 1. The van der Waals surface area contributed by atoms with E-state index in [0.717, 1.165) is 43.0 Å². The molecule has 0 spiro atoms. The molecule has 1 fully saturated rings. The highest BCUT2D eigenvalue weighted by Gasteiger charge is 2.22. The van der Waals surface area contributed by atoms with Crippen LogP contribution in [0.25, 0.3) is 33.9 Å². The maximum atomic E-state index is 13.3. The van der Waals surface area contributed by atoms with Gasteiger partial charge in [0.25, 0.3) is 0 Å². The molecule has 1 aliphatic heterocycles. The van der Waals surface area contributed by atoms with Gasteiger partial charge >= 0.3 is 5.69 Å². The topological polar surface area (TPSA) is 110 Å². The highest BCUT2D eigenvalue weighted by Crippen LogP contribution is 2.24. The Labute approximate surface area is 203 Å². The van der Waals surface area contributed by atoms with Crippen molar-refractivity contribution in [2.45, 2.75) is 25.9 Å². The van der Waals surface area contributed by atoms with Crippen LogP contribution in [0.1, 0.15) is 18.7 Å². The third kappa shape index (κ3) is 4.69. The summed E-state index contributed by atoms with van der Waals surface area (Å²) < 4.78 is 8.83. The first-order valence-corrected chi connectivity index (χ1v) is 11.8. The number of ether oxygens (including phenoxy) is 1. The number of H-pyrrole nitrogens is 1. The third-order valence-corrected chi connectivity index (χ3v) is 6.22. The molecule has 4 heterocycles. The molecular formula is C24H31N9O2. The molecular weight excluding hydrogens is 446 g/mol. The molecule has 0 unspecified atom stereocenters. The molecule has 0 saturated carbocycles. The first kappa shape index (κ1) is 23.2. The van der Waals surface area contributed by atoms with E-state index in [4.69, 9.17) is 9.72 Å². The average Bonchev–Trinajstić information content (AvgIpc) is 3.41. The molecule has 1 aromatic carbocycles. The minimum Gasteiger partial charge on any atom is -0.381 e. The molecule has 3 aromatic heterocycles. The second kappa shape index (κ2) is 9.59. The Morgan fingerprint density at radius 2 is 1.74 bits per heavy atom. The van der Waals surface area contributed by atoms with E-state index < -0.39 is 0 Å². The lowest BCUT2D eigenvalue weighted by Gasteiger charge is -2.22. The van der Waals surface area contributed by atoms with Gasteiger partial charge < -0.3 is 14.6 Å². The van der Waals surface area contributed by atoms with Crippen molar-refractivity contribution >= 4 is 11.3 Å². The number of nitrogens with one attached hydrogen (secondary N) is 1. The Balaban J connectivity index is 1.48. The minimum absolute atomic E-state index is 0.123. The largest absolute Gasteiger partial charge is 0.381 e. The summed E-state index contributed by atoms with van der Waals surface area (Å²) in [6.07, 6.45) is 3.60.